The smallest absolute Gasteiger partial charge is 0.222 e. The Bertz CT molecular complexity index is 1310. The molecular formula is C33H43N5O2S. The Morgan fingerprint density at radius 2 is 1.56 bits per heavy atom. The number of thioether (sulfide) groups is 1. The predicted molar refractivity (Wildman–Crippen MR) is 165 cm³/mol. The van der Waals surface area contributed by atoms with E-state index in [1.807, 2.05) is 9.80 Å². The lowest BCUT2D eigenvalue weighted by Gasteiger charge is -2.40. The second-order valence-electron chi connectivity index (χ2n) is 11.8. The molecule has 218 valence electrons. The third-order valence-corrected chi connectivity index (χ3v) is 9.56. The fourth-order valence-corrected chi connectivity index (χ4v) is 6.94. The van der Waals surface area contributed by atoms with E-state index in [2.05, 4.69) is 84.1 Å². The van der Waals surface area contributed by atoms with Crippen molar-refractivity contribution in [3.8, 4) is 17.1 Å². The van der Waals surface area contributed by atoms with E-state index in [0.717, 1.165) is 46.7 Å². The number of hydrogen-bond donors (Lipinski definition) is 0. The molecule has 3 aromatic rings. The van der Waals surface area contributed by atoms with E-state index in [4.69, 9.17) is 0 Å². The molecule has 5 rings (SSSR count). The first-order chi connectivity index (χ1) is 19.9. The monoisotopic (exact) mass is 573 g/mol. The van der Waals surface area contributed by atoms with Crippen LogP contribution < -0.4 is 0 Å². The summed E-state index contributed by atoms with van der Waals surface area (Å²) >= 11 is 1.64. The van der Waals surface area contributed by atoms with E-state index < -0.39 is 0 Å². The molecule has 0 spiro atoms. The minimum absolute atomic E-state index is 0.0754. The molecule has 2 amide bonds. The van der Waals surface area contributed by atoms with Crippen LogP contribution in [0.2, 0.25) is 0 Å². The lowest BCUT2D eigenvalue weighted by molar-refractivity contribution is -0.142. The first-order valence-electron chi connectivity index (χ1n) is 15.2. The second kappa shape index (κ2) is 13.7. The lowest BCUT2D eigenvalue weighted by atomic mass is 10.0. The van der Waals surface area contributed by atoms with Crippen LogP contribution in [0, 0.1) is 19.8 Å². The van der Waals surface area contributed by atoms with Crippen LogP contribution in [-0.4, -0.2) is 67.8 Å². The number of rotatable bonds is 10. The standard InChI is InChI=1S/C33H43N5O2S/c1-24-10-15-28(16-11-24)32-34-35-33(38(32)29-17-12-25(2)13-18-29)41-22-6-9-30(39)36-20-21-37(26(3)23-36)31(40)19-14-27-7-4-5-8-27/h10-13,15-18,26-27H,4-9,14,19-23H2,1-3H3. The van der Waals surface area contributed by atoms with Crippen molar-refractivity contribution in [3.63, 3.8) is 0 Å². The molecule has 2 aromatic carbocycles. The van der Waals surface area contributed by atoms with Crippen molar-refractivity contribution in [3.05, 3.63) is 59.7 Å². The van der Waals surface area contributed by atoms with Crippen molar-refractivity contribution in [1.82, 2.24) is 24.6 Å². The van der Waals surface area contributed by atoms with Gasteiger partial charge in [-0.1, -0.05) is 85.0 Å². The molecule has 1 atom stereocenters. The van der Waals surface area contributed by atoms with E-state index in [1.165, 1.54) is 36.8 Å². The Morgan fingerprint density at radius 3 is 2.24 bits per heavy atom. The largest absolute Gasteiger partial charge is 0.339 e. The van der Waals surface area contributed by atoms with Gasteiger partial charge in [0.25, 0.3) is 0 Å². The van der Waals surface area contributed by atoms with Crippen LogP contribution in [-0.2, 0) is 9.59 Å². The zero-order valence-electron chi connectivity index (χ0n) is 24.7. The molecule has 1 aliphatic carbocycles. The summed E-state index contributed by atoms with van der Waals surface area (Å²) in [5.74, 6) is 2.76. The third-order valence-electron chi connectivity index (χ3n) is 8.54. The van der Waals surface area contributed by atoms with Gasteiger partial charge in [-0.3, -0.25) is 14.2 Å². The summed E-state index contributed by atoms with van der Waals surface area (Å²) < 4.78 is 2.11. The maximum Gasteiger partial charge on any atom is 0.222 e. The molecule has 2 heterocycles. The maximum absolute atomic E-state index is 13.0. The molecule has 7 nitrogen and oxygen atoms in total. The summed E-state index contributed by atoms with van der Waals surface area (Å²) in [6, 6.07) is 16.8. The highest BCUT2D eigenvalue weighted by atomic mass is 32.2. The number of nitrogens with zero attached hydrogens (tertiary/aromatic N) is 5. The second-order valence-corrected chi connectivity index (χ2v) is 12.8. The van der Waals surface area contributed by atoms with E-state index in [9.17, 15) is 9.59 Å². The normalized spacial score (nSPS) is 17.8. The zero-order chi connectivity index (χ0) is 28.8. The molecule has 0 bridgehead atoms. The summed E-state index contributed by atoms with van der Waals surface area (Å²) in [5, 5.41) is 9.92. The van der Waals surface area contributed by atoms with Gasteiger partial charge < -0.3 is 9.80 Å². The summed E-state index contributed by atoms with van der Waals surface area (Å²) in [5.41, 5.74) is 4.46. The molecule has 1 aliphatic heterocycles. The van der Waals surface area contributed by atoms with Gasteiger partial charge in [0.05, 0.1) is 0 Å². The summed E-state index contributed by atoms with van der Waals surface area (Å²) in [4.78, 5) is 29.8. The molecule has 2 aliphatic rings. The van der Waals surface area contributed by atoms with Gasteiger partial charge in [0, 0.05) is 55.5 Å². The van der Waals surface area contributed by atoms with Gasteiger partial charge >= 0.3 is 0 Å². The van der Waals surface area contributed by atoms with Crippen molar-refractivity contribution in [1.29, 1.82) is 0 Å². The highest BCUT2D eigenvalue weighted by Crippen LogP contribution is 2.30. The Morgan fingerprint density at radius 1 is 0.878 bits per heavy atom. The van der Waals surface area contributed by atoms with Crippen molar-refractivity contribution in [2.75, 3.05) is 25.4 Å². The Hall–Kier alpha value is -3.13. The fourth-order valence-electron chi connectivity index (χ4n) is 6.05. The number of amides is 2. The van der Waals surface area contributed by atoms with Crippen LogP contribution in [0.1, 0.15) is 69.4 Å². The van der Waals surface area contributed by atoms with E-state index >= 15 is 0 Å². The third kappa shape index (κ3) is 7.39. The van der Waals surface area contributed by atoms with E-state index in [-0.39, 0.29) is 17.9 Å². The Kier molecular flexibility index (Phi) is 9.80. The minimum atomic E-state index is 0.0754. The number of piperazine rings is 1. The van der Waals surface area contributed by atoms with Gasteiger partial charge in [0.2, 0.25) is 11.8 Å². The van der Waals surface area contributed by atoms with Crippen LogP contribution in [0.3, 0.4) is 0 Å². The number of carbonyl (C=O) groups is 2. The number of aromatic nitrogens is 3. The maximum atomic E-state index is 13.0. The molecule has 1 unspecified atom stereocenters. The molecule has 0 radical (unpaired) electrons. The van der Waals surface area contributed by atoms with Gasteiger partial charge in [-0.05, 0) is 51.7 Å². The van der Waals surface area contributed by atoms with E-state index in [0.29, 0.717) is 32.5 Å². The number of carbonyl (C=O) groups excluding carboxylic acids is 2. The van der Waals surface area contributed by atoms with E-state index in [1.54, 1.807) is 11.8 Å². The average Bonchev–Trinajstić information content (AvgIpc) is 3.65. The topological polar surface area (TPSA) is 71.3 Å². The van der Waals surface area contributed by atoms with Crippen LogP contribution in [0.15, 0.2) is 53.7 Å². The molecule has 41 heavy (non-hydrogen) atoms. The SMILES string of the molecule is Cc1ccc(-c2nnc(SCCCC(=O)N3CCN(C(=O)CCC4CCCC4)C(C)C3)n2-c2ccc(C)cc2)cc1. The molecule has 8 heteroatoms. The lowest BCUT2D eigenvalue weighted by Crippen LogP contribution is -2.55. The summed E-state index contributed by atoms with van der Waals surface area (Å²) in [6.07, 6.45) is 8.12. The van der Waals surface area contributed by atoms with Crippen molar-refractivity contribution >= 4 is 23.6 Å². The van der Waals surface area contributed by atoms with Gasteiger partial charge in [0.15, 0.2) is 11.0 Å². The summed E-state index contributed by atoms with van der Waals surface area (Å²) in [7, 11) is 0. The van der Waals surface area contributed by atoms with Crippen molar-refractivity contribution in [2.45, 2.75) is 83.3 Å². The number of benzene rings is 2. The van der Waals surface area contributed by atoms with Crippen LogP contribution >= 0.6 is 11.8 Å². The quantitative estimate of drug-likeness (QED) is 0.206. The summed E-state index contributed by atoms with van der Waals surface area (Å²) in [6.45, 7) is 8.14. The molecule has 0 N–H and O–H groups in total. The zero-order valence-corrected chi connectivity index (χ0v) is 25.5. The van der Waals surface area contributed by atoms with Crippen LogP contribution in [0.5, 0.6) is 0 Å². The van der Waals surface area contributed by atoms with Gasteiger partial charge in [-0.15, -0.1) is 10.2 Å². The Balaban J connectivity index is 1.13. The van der Waals surface area contributed by atoms with Gasteiger partial charge in [0.1, 0.15) is 0 Å². The predicted octanol–water partition coefficient (Wildman–Crippen LogP) is 6.45. The van der Waals surface area contributed by atoms with Crippen molar-refractivity contribution in [2.24, 2.45) is 5.92 Å². The highest BCUT2D eigenvalue weighted by molar-refractivity contribution is 7.99. The average molecular weight is 574 g/mol. The fraction of sp³-hybridized carbons (Fsp3) is 0.515. The first-order valence-corrected chi connectivity index (χ1v) is 16.2. The molecule has 1 saturated heterocycles. The molecule has 1 aromatic heterocycles. The first kappa shape index (κ1) is 29.4. The van der Waals surface area contributed by atoms with Gasteiger partial charge in [-0.25, -0.2) is 0 Å². The van der Waals surface area contributed by atoms with Crippen LogP contribution in [0.25, 0.3) is 17.1 Å². The van der Waals surface area contributed by atoms with Crippen LogP contribution in [0.4, 0.5) is 0 Å². The molecular weight excluding hydrogens is 530 g/mol. The number of hydrogen-bond acceptors (Lipinski definition) is 5. The van der Waals surface area contributed by atoms with Crippen molar-refractivity contribution < 1.29 is 9.59 Å². The highest BCUT2D eigenvalue weighted by Gasteiger charge is 2.30. The molecule has 1 saturated carbocycles. The Labute approximate surface area is 248 Å². The minimum Gasteiger partial charge on any atom is -0.339 e. The van der Waals surface area contributed by atoms with Gasteiger partial charge in [-0.2, -0.15) is 0 Å². The molecule has 2 fully saturated rings. The number of aryl methyl sites for hydroxylation is 2.